The number of likely N-dealkylation sites (tertiary alicyclic amines) is 1. The van der Waals surface area contributed by atoms with E-state index in [1.165, 1.54) is 0 Å². The maximum Gasteiger partial charge on any atom is 0.237 e. The molecule has 1 aromatic rings. The Kier molecular flexibility index (Phi) is 5.72. The lowest BCUT2D eigenvalue weighted by atomic mass is 9.88. The molecule has 148 valence electrons. The lowest BCUT2D eigenvalue weighted by Gasteiger charge is -2.40. The van der Waals surface area contributed by atoms with Crippen LogP contribution in [0.3, 0.4) is 0 Å². The second kappa shape index (κ2) is 7.86. The third-order valence-electron chi connectivity index (χ3n) is 5.34. The molecule has 1 N–H and O–H groups in total. The quantitative estimate of drug-likeness (QED) is 0.792. The zero-order valence-corrected chi connectivity index (χ0v) is 16.2. The van der Waals surface area contributed by atoms with Gasteiger partial charge in [0.15, 0.2) is 5.79 Å². The number of amides is 2. The van der Waals surface area contributed by atoms with E-state index in [2.05, 4.69) is 5.32 Å². The minimum atomic E-state index is -1.13. The van der Waals surface area contributed by atoms with Gasteiger partial charge in [-0.2, -0.15) is 0 Å². The van der Waals surface area contributed by atoms with Crippen LogP contribution in [-0.2, 0) is 25.6 Å². The molecule has 2 heterocycles. The summed E-state index contributed by atoms with van der Waals surface area (Å²) >= 11 is 0. The number of carbonyl (C=O) groups is 2. The van der Waals surface area contributed by atoms with Crippen molar-refractivity contribution >= 4 is 11.8 Å². The van der Waals surface area contributed by atoms with Crippen LogP contribution in [0.4, 0.5) is 0 Å². The SMILES string of the molecule is COc1ccc(CNC(=O)C(C)(C)C(=O)N2CCC3(CC2)OCCO3)cc1. The Balaban J connectivity index is 1.54. The number of nitrogens with one attached hydrogen (secondary N) is 1. The molecule has 0 bridgehead atoms. The van der Waals surface area contributed by atoms with Gasteiger partial charge < -0.3 is 24.4 Å². The Morgan fingerprint density at radius 2 is 1.74 bits per heavy atom. The van der Waals surface area contributed by atoms with E-state index < -0.39 is 11.2 Å². The van der Waals surface area contributed by atoms with Crippen LogP contribution < -0.4 is 10.1 Å². The van der Waals surface area contributed by atoms with Crippen LogP contribution in [0.1, 0.15) is 32.3 Å². The molecule has 2 saturated heterocycles. The molecule has 27 heavy (non-hydrogen) atoms. The van der Waals surface area contributed by atoms with Gasteiger partial charge in [0.1, 0.15) is 11.2 Å². The molecule has 7 heteroatoms. The number of hydrogen-bond acceptors (Lipinski definition) is 5. The Hall–Kier alpha value is -2.12. The van der Waals surface area contributed by atoms with Crippen LogP contribution >= 0.6 is 0 Å². The van der Waals surface area contributed by atoms with Gasteiger partial charge in [0, 0.05) is 32.5 Å². The van der Waals surface area contributed by atoms with Gasteiger partial charge in [-0.05, 0) is 31.5 Å². The molecule has 2 aliphatic heterocycles. The number of benzene rings is 1. The molecule has 2 fully saturated rings. The van der Waals surface area contributed by atoms with Gasteiger partial charge in [0.05, 0.1) is 20.3 Å². The highest BCUT2D eigenvalue weighted by Crippen LogP contribution is 2.33. The van der Waals surface area contributed by atoms with E-state index >= 15 is 0 Å². The van der Waals surface area contributed by atoms with Crippen molar-refractivity contribution in [2.24, 2.45) is 5.41 Å². The molecular formula is C20H28N2O5. The maximum absolute atomic E-state index is 12.9. The van der Waals surface area contributed by atoms with Gasteiger partial charge in [0.25, 0.3) is 0 Å². The number of piperidine rings is 1. The molecule has 0 saturated carbocycles. The van der Waals surface area contributed by atoms with Gasteiger partial charge >= 0.3 is 0 Å². The Morgan fingerprint density at radius 3 is 2.30 bits per heavy atom. The van der Waals surface area contributed by atoms with Crippen molar-refractivity contribution in [1.29, 1.82) is 0 Å². The first-order valence-electron chi connectivity index (χ1n) is 9.35. The third kappa shape index (κ3) is 4.25. The van der Waals surface area contributed by atoms with Crippen LogP contribution in [-0.4, -0.2) is 55.9 Å². The summed E-state index contributed by atoms with van der Waals surface area (Å²) in [4.78, 5) is 27.3. The van der Waals surface area contributed by atoms with Crippen LogP contribution in [0, 0.1) is 5.41 Å². The lowest BCUT2D eigenvalue weighted by Crippen LogP contribution is -2.54. The van der Waals surface area contributed by atoms with E-state index in [1.54, 1.807) is 25.9 Å². The minimum absolute atomic E-state index is 0.164. The summed E-state index contributed by atoms with van der Waals surface area (Å²) in [6, 6.07) is 7.46. The Labute approximate surface area is 160 Å². The van der Waals surface area contributed by atoms with E-state index in [9.17, 15) is 9.59 Å². The molecule has 0 aromatic heterocycles. The predicted octanol–water partition coefficient (Wildman–Crippen LogP) is 1.70. The average molecular weight is 376 g/mol. The van der Waals surface area contributed by atoms with Gasteiger partial charge in [0.2, 0.25) is 11.8 Å². The van der Waals surface area contributed by atoms with E-state index in [4.69, 9.17) is 14.2 Å². The van der Waals surface area contributed by atoms with Crippen molar-refractivity contribution in [3.63, 3.8) is 0 Å². The number of carbonyl (C=O) groups excluding carboxylic acids is 2. The van der Waals surface area contributed by atoms with Crippen LogP contribution in [0.2, 0.25) is 0 Å². The third-order valence-corrected chi connectivity index (χ3v) is 5.34. The topological polar surface area (TPSA) is 77.1 Å². The number of rotatable bonds is 5. The second-order valence-corrected chi connectivity index (χ2v) is 7.56. The molecule has 0 radical (unpaired) electrons. The minimum Gasteiger partial charge on any atom is -0.497 e. The van der Waals surface area contributed by atoms with E-state index in [-0.39, 0.29) is 11.8 Å². The van der Waals surface area contributed by atoms with Crippen LogP contribution in [0.25, 0.3) is 0 Å². The summed E-state index contributed by atoms with van der Waals surface area (Å²) in [5.41, 5.74) is -0.184. The van der Waals surface area contributed by atoms with Crippen molar-refractivity contribution in [3.05, 3.63) is 29.8 Å². The Morgan fingerprint density at radius 1 is 1.15 bits per heavy atom. The van der Waals surface area contributed by atoms with Crippen molar-refractivity contribution in [2.45, 2.75) is 39.0 Å². The standard InChI is InChI=1S/C20H28N2O5/c1-19(2,17(23)21-14-15-4-6-16(25-3)7-5-15)18(24)22-10-8-20(9-11-22)26-12-13-27-20/h4-7H,8-14H2,1-3H3,(H,21,23). The lowest BCUT2D eigenvalue weighted by molar-refractivity contribution is -0.189. The number of methoxy groups -OCH3 is 1. The maximum atomic E-state index is 12.9. The van der Waals surface area contributed by atoms with Gasteiger partial charge in [-0.1, -0.05) is 12.1 Å². The molecule has 7 nitrogen and oxygen atoms in total. The highest BCUT2D eigenvalue weighted by atomic mass is 16.7. The molecule has 1 spiro atoms. The fraction of sp³-hybridized carbons (Fsp3) is 0.600. The van der Waals surface area contributed by atoms with Gasteiger partial charge in [-0.3, -0.25) is 9.59 Å². The fourth-order valence-corrected chi connectivity index (χ4v) is 3.48. The van der Waals surface area contributed by atoms with Crippen molar-refractivity contribution in [1.82, 2.24) is 10.2 Å². The van der Waals surface area contributed by atoms with Crippen molar-refractivity contribution < 1.29 is 23.8 Å². The summed E-state index contributed by atoms with van der Waals surface area (Å²) in [6.07, 6.45) is 1.28. The largest absolute Gasteiger partial charge is 0.497 e. The van der Waals surface area contributed by atoms with Crippen LogP contribution in [0.15, 0.2) is 24.3 Å². The molecule has 2 amide bonds. The summed E-state index contributed by atoms with van der Waals surface area (Å²) in [7, 11) is 1.61. The average Bonchev–Trinajstić information content (AvgIpc) is 3.14. The molecule has 2 aliphatic rings. The highest BCUT2D eigenvalue weighted by Gasteiger charge is 2.45. The molecule has 3 rings (SSSR count). The molecule has 0 atom stereocenters. The van der Waals surface area contributed by atoms with Crippen LogP contribution in [0.5, 0.6) is 5.75 Å². The summed E-state index contributed by atoms with van der Waals surface area (Å²) in [5.74, 6) is -0.212. The highest BCUT2D eigenvalue weighted by molar-refractivity contribution is 6.04. The molecule has 0 unspecified atom stereocenters. The fourth-order valence-electron chi connectivity index (χ4n) is 3.48. The van der Waals surface area contributed by atoms with E-state index in [1.807, 2.05) is 24.3 Å². The zero-order valence-electron chi connectivity index (χ0n) is 16.2. The summed E-state index contributed by atoms with van der Waals surface area (Å²) in [6.45, 7) is 5.99. The molecule has 1 aromatic carbocycles. The number of nitrogens with zero attached hydrogens (tertiary/aromatic N) is 1. The number of ether oxygens (including phenoxy) is 3. The zero-order chi connectivity index (χ0) is 19.5. The van der Waals surface area contributed by atoms with E-state index in [0.29, 0.717) is 45.7 Å². The first-order chi connectivity index (χ1) is 12.9. The van der Waals surface area contributed by atoms with Crippen molar-refractivity contribution in [2.75, 3.05) is 33.4 Å². The number of hydrogen-bond donors (Lipinski definition) is 1. The smallest absolute Gasteiger partial charge is 0.237 e. The van der Waals surface area contributed by atoms with E-state index in [0.717, 1.165) is 11.3 Å². The summed E-state index contributed by atoms with van der Waals surface area (Å²) in [5, 5.41) is 2.87. The summed E-state index contributed by atoms with van der Waals surface area (Å²) < 4.78 is 16.5. The predicted molar refractivity (Wildman–Crippen MR) is 99.1 cm³/mol. The molecule has 0 aliphatic carbocycles. The second-order valence-electron chi connectivity index (χ2n) is 7.56. The Bertz CT molecular complexity index is 670. The van der Waals surface area contributed by atoms with Gasteiger partial charge in [-0.15, -0.1) is 0 Å². The first-order valence-corrected chi connectivity index (χ1v) is 9.35. The first kappa shape index (κ1) is 19.6. The normalized spacial score (nSPS) is 19.1. The van der Waals surface area contributed by atoms with Crippen molar-refractivity contribution in [3.8, 4) is 5.75 Å². The van der Waals surface area contributed by atoms with Gasteiger partial charge in [-0.25, -0.2) is 0 Å². The molecular weight excluding hydrogens is 348 g/mol. The monoisotopic (exact) mass is 376 g/mol.